The third-order valence-corrected chi connectivity index (χ3v) is 2.93. The molecule has 22 heavy (non-hydrogen) atoms. The lowest BCUT2D eigenvalue weighted by molar-refractivity contribution is 0.474. The van der Waals surface area contributed by atoms with Crippen molar-refractivity contribution in [1.82, 2.24) is 15.2 Å². The number of rotatable bonds is 4. The molecule has 1 aromatic heterocycles. The van der Waals surface area contributed by atoms with Crippen LogP contribution >= 0.6 is 0 Å². The molecular formula is C16H13N5O. The van der Waals surface area contributed by atoms with Crippen molar-refractivity contribution >= 4 is 12.2 Å². The molecular weight excluding hydrogens is 278 g/mol. The largest absolute Gasteiger partial charge is 0.507 e. The predicted octanol–water partition coefficient (Wildman–Crippen LogP) is 2.69. The van der Waals surface area contributed by atoms with E-state index < -0.39 is 0 Å². The second kappa shape index (κ2) is 6.45. The van der Waals surface area contributed by atoms with Crippen molar-refractivity contribution in [3.05, 3.63) is 66.4 Å². The maximum atomic E-state index is 9.64. The fraction of sp³-hybridized carbons (Fsp3) is 0. The van der Waals surface area contributed by atoms with E-state index in [-0.39, 0.29) is 11.7 Å². The molecule has 0 amide bonds. The number of hydrogen-bond acceptors (Lipinski definition) is 6. The fourth-order valence-electron chi connectivity index (χ4n) is 1.86. The van der Waals surface area contributed by atoms with Gasteiger partial charge in [-0.05, 0) is 12.1 Å². The summed E-state index contributed by atoms with van der Waals surface area (Å²) >= 11 is 0. The molecule has 0 saturated heterocycles. The molecule has 0 aliphatic heterocycles. The van der Waals surface area contributed by atoms with Gasteiger partial charge in [0.2, 0.25) is 0 Å². The molecule has 0 fully saturated rings. The molecule has 0 spiro atoms. The van der Waals surface area contributed by atoms with E-state index in [1.54, 1.807) is 24.4 Å². The van der Waals surface area contributed by atoms with Gasteiger partial charge in [0.15, 0.2) is 0 Å². The lowest BCUT2D eigenvalue weighted by Gasteiger charge is -2.02. The van der Waals surface area contributed by atoms with Crippen LogP contribution in [0.2, 0.25) is 0 Å². The fourth-order valence-corrected chi connectivity index (χ4v) is 1.86. The number of hydrogen-bond donors (Lipinski definition) is 2. The Bertz CT molecular complexity index is 789. The molecule has 0 radical (unpaired) electrons. The topological polar surface area (TPSA) is 83.3 Å². The van der Waals surface area contributed by atoms with E-state index in [0.717, 1.165) is 5.56 Å². The first-order valence-electron chi connectivity index (χ1n) is 6.65. The standard InChI is InChI=1S/C16H13N5O/c22-15-9-5-4-8-13(15)10-17-20-16-19-14(11-18-21-16)12-6-2-1-3-7-12/h1-11,22H,(H,19,20,21)/b17-10-. The molecule has 6 nitrogen and oxygen atoms in total. The van der Waals surface area contributed by atoms with Crippen molar-refractivity contribution in [1.29, 1.82) is 0 Å². The highest BCUT2D eigenvalue weighted by atomic mass is 16.3. The van der Waals surface area contributed by atoms with Crippen molar-refractivity contribution in [3.63, 3.8) is 0 Å². The second-order valence-electron chi connectivity index (χ2n) is 4.46. The van der Waals surface area contributed by atoms with Gasteiger partial charge in [0.1, 0.15) is 5.75 Å². The second-order valence-corrected chi connectivity index (χ2v) is 4.46. The van der Waals surface area contributed by atoms with Gasteiger partial charge in [-0.15, -0.1) is 5.10 Å². The van der Waals surface area contributed by atoms with Gasteiger partial charge < -0.3 is 5.11 Å². The van der Waals surface area contributed by atoms with Crippen molar-refractivity contribution in [2.45, 2.75) is 0 Å². The van der Waals surface area contributed by atoms with Gasteiger partial charge in [0, 0.05) is 11.1 Å². The first kappa shape index (κ1) is 13.7. The number of phenolic OH excluding ortho intramolecular Hbond substituents is 1. The highest BCUT2D eigenvalue weighted by molar-refractivity contribution is 5.83. The van der Waals surface area contributed by atoms with Crippen LogP contribution in [-0.2, 0) is 0 Å². The minimum atomic E-state index is 0.158. The molecule has 0 saturated carbocycles. The number of para-hydroxylation sites is 1. The number of phenols is 1. The molecule has 6 heteroatoms. The summed E-state index contributed by atoms with van der Waals surface area (Å²) in [5.74, 6) is 0.443. The highest BCUT2D eigenvalue weighted by Gasteiger charge is 2.02. The molecule has 2 aromatic carbocycles. The summed E-state index contributed by atoms with van der Waals surface area (Å²) in [5, 5.41) is 21.4. The van der Waals surface area contributed by atoms with E-state index in [9.17, 15) is 5.11 Å². The smallest absolute Gasteiger partial charge is 0.263 e. The number of anilines is 1. The zero-order chi connectivity index (χ0) is 15.2. The van der Waals surface area contributed by atoms with Crippen LogP contribution < -0.4 is 5.43 Å². The normalized spacial score (nSPS) is 10.7. The van der Waals surface area contributed by atoms with Crippen LogP contribution in [0, 0.1) is 0 Å². The van der Waals surface area contributed by atoms with Gasteiger partial charge in [-0.1, -0.05) is 42.5 Å². The zero-order valence-corrected chi connectivity index (χ0v) is 11.6. The third-order valence-electron chi connectivity index (χ3n) is 2.93. The quantitative estimate of drug-likeness (QED) is 0.570. The summed E-state index contributed by atoms with van der Waals surface area (Å²) in [7, 11) is 0. The van der Waals surface area contributed by atoms with Gasteiger partial charge >= 0.3 is 0 Å². The van der Waals surface area contributed by atoms with E-state index in [1.165, 1.54) is 6.21 Å². The van der Waals surface area contributed by atoms with E-state index in [2.05, 4.69) is 25.7 Å². The van der Waals surface area contributed by atoms with Crippen LogP contribution in [0.5, 0.6) is 5.75 Å². The Morgan fingerprint density at radius 3 is 2.59 bits per heavy atom. The number of benzene rings is 2. The first-order chi connectivity index (χ1) is 10.8. The zero-order valence-electron chi connectivity index (χ0n) is 11.6. The van der Waals surface area contributed by atoms with Crippen LogP contribution in [0.25, 0.3) is 11.3 Å². The first-order valence-corrected chi connectivity index (χ1v) is 6.65. The lowest BCUT2D eigenvalue weighted by Crippen LogP contribution is -2.00. The Labute approximate surface area is 127 Å². The molecule has 0 bridgehead atoms. The van der Waals surface area contributed by atoms with Crippen LogP contribution in [0.4, 0.5) is 5.95 Å². The molecule has 1 heterocycles. The van der Waals surface area contributed by atoms with E-state index in [1.807, 2.05) is 36.4 Å². The number of aromatic hydroxyl groups is 1. The monoisotopic (exact) mass is 291 g/mol. The number of hydrazone groups is 1. The van der Waals surface area contributed by atoms with Crippen LogP contribution in [0.3, 0.4) is 0 Å². The van der Waals surface area contributed by atoms with Gasteiger partial charge in [-0.3, -0.25) is 0 Å². The van der Waals surface area contributed by atoms with Crippen LogP contribution in [-0.4, -0.2) is 26.5 Å². The summed E-state index contributed by atoms with van der Waals surface area (Å²) in [5.41, 5.74) is 4.96. The Morgan fingerprint density at radius 2 is 1.77 bits per heavy atom. The van der Waals surface area contributed by atoms with Crippen LogP contribution in [0.15, 0.2) is 65.9 Å². The maximum absolute atomic E-state index is 9.64. The minimum Gasteiger partial charge on any atom is -0.507 e. The maximum Gasteiger partial charge on any atom is 0.263 e. The number of aromatic nitrogens is 3. The van der Waals surface area contributed by atoms with Crippen LogP contribution in [0.1, 0.15) is 5.56 Å². The van der Waals surface area contributed by atoms with E-state index in [0.29, 0.717) is 11.3 Å². The summed E-state index contributed by atoms with van der Waals surface area (Å²) in [6.45, 7) is 0. The molecule has 3 aromatic rings. The lowest BCUT2D eigenvalue weighted by atomic mass is 10.2. The molecule has 0 unspecified atom stereocenters. The minimum absolute atomic E-state index is 0.158. The van der Waals surface area contributed by atoms with Crippen molar-refractivity contribution < 1.29 is 5.11 Å². The Kier molecular flexibility index (Phi) is 4.01. The van der Waals surface area contributed by atoms with Crippen molar-refractivity contribution in [2.75, 3.05) is 5.43 Å². The van der Waals surface area contributed by atoms with Gasteiger partial charge in [-0.2, -0.15) is 10.2 Å². The summed E-state index contributed by atoms with van der Waals surface area (Å²) in [6, 6.07) is 16.6. The van der Waals surface area contributed by atoms with E-state index in [4.69, 9.17) is 0 Å². The van der Waals surface area contributed by atoms with Gasteiger partial charge in [-0.25, -0.2) is 10.4 Å². The van der Waals surface area contributed by atoms with Gasteiger partial charge in [0.25, 0.3) is 5.95 Å². The van der Waals surface area contributed by atoms with Crippen molar-refractivity contribution in [3.8, 4) is 17.0 Å². The molecule has 108 valence electrons. The summed E-state index contributed by atoms with van der Waals surface area (Å²) in [4.78, 5) is 4.34. The SMILES string of the molecule is Oc1ccccc1/C=N\Nc1nncc(-c2ccccc2)n1. The number of nitrogens with one attached hydrogen (secondary N) is 1. The number of nitrogens with zero attached hydrogens (tertiary/aromatic N) is 4. The summed E-state index contributed by atoms with van der Waals surface area (Å²) < 4.78 is 0. The molecule has 3 rings (SSSR count). The van der Waals surface area contributed by atoms with Crippen molar-refractivity contribution in [2.24, 2.45) is 5.10 Å². The molecule has 2 N–H and O–H groups in total. The van der Waals surface area contributed by atoms with Gasteiger partial charge in [0.05, 0.1) is 18.1 Å². The Hall–Kier alpha value is -3.28. The van der Waals surface area contributed by atoms with E-state index >= 15 is 0 Å². The highest BCUT2D eigenvalue weighted by Crippen LogP contribution is 2.16. The average Bonchev–Trinajstić information content (AvgIpc) is 2.58. The average molecular weight is 291 g/mol. The molecule has 0 atom stereocenters. The molecule has 0 aliphatic carbocycles. The Balaban J connectivity index is 1.75. The predicted molar refractivity (Wildman–Crippen MR) is 84.6 cm³/mol. The molecule has 0 aliphatic rings. The third kappa shape index (κ3) is 3.24. The summed E-state index contributed by atoms with van der Waals surface area (Å²) in [6.07, 6.45) is 3.08. The Morgan fingerprint density at radius 1 is 1.00 bits per heavy atom.